The largest absolute Gasteiger partial charge is 0.469 e. The zero-order chi connectivity index (χ0) is 16.8. The molecule has 1 aliphatic heterocycles. The van der Waals surface area contributed by atoms with Gasteiger partial charge in [0, 0.05) is 19.7 Å². The molecular weight excluding hydrogens is 301 g/mol. The van der Waals surface area contributed by atoms with Crippen molar-refractivity contribution >= 4 is 11.9 Å². The van der Waals surface area contributed by atoms with Crippen LogP contribution in [-0.2, 0) is 14.3 Å². The van der Waals surface area contributed by atoms with Crippen LogP contribution in [0.2, 0.25) is 0 Å². The number of methoxy groups -OCH3 is 1. The Balaban J connectivity index is 2.16. The van der Waals surface area contributed by atoms with E-state index < -0.39 is 23.6 Å². The lowest BCUT2D eigenvalue weighted by Crippen LogP contribution is -2.42. The molecule has 0 radical (unpaired) electrons. The number of rotatable bonds is 6. The van der Waals surface area contributed by atoms with Crippen molar-refractivity contribution in [2.45, 2.75) is 25.9 Å². The SMILES string of the molecule is COC(=O)C(C)CN(CC1CCCO1)C(=O)c1ccccc1F. The van der Waals surface area contributed by atoms with E-state index in [1.807, 2.05) is 0 Å². The van der Waals surface area contributed by atoms with E-state index in [-0.39, 0.29) is 18.2 Å². The summed E-state index contributed by atoms with van der Waals surface area (Å²) in [4.78, 5) is 25.8. The van der Waals surface area contributed by atoms with E-state index in [0.717, 1.165) is 12.8 Å². The van der Waals surface area contributed by atoms with Crippen LogP contribution in [0.25, 0.3) is 0 Å². The fourth-order valence-electron chi connectivity index (χ4n) is 2.69. The van der Waals surface area contributed by atoms with Crippen LogP contribution in [-0.4, -0.2) is 49.7 Å². The summed E-state index contributed by atoms with van der Waals surface area (Å²) in [5.74, 6) is -1.89. The van der Waals surface area contributed by atoms with Gasteiger partial charge in [-0.2, -0.15) is 0 Å². The van der Waals surface area contributed by atoms with Gasteiger partial charge < -0.3 is 14.4 Å². The molecule has 126 valence electrons. The van der Waals surface area contributed by atoms with Crippen molar-refractivity contribution in [2.75, 3.05) is 26.8 Å². The Kier molecular flexibility index (Phi) is 6.10. The summed E-state index contributed by atoms with van der Waals surface area (Å²) in [5.41, 5.74) is 0.00237. The maximum absolute atomic E-state index is 13.9. The molecule has 5 nitrogen and oxygen atoms in total. The van der Waals surface area contributed by atoms with Crippen LogP contribution in [0.3, 0.4) is 0 Å². The molecule has 0 bridgehead atoms. The molecule has 0 spiro atoms. The minimum absolute atomic E-state index is 0.00237. The number of carbonyl (C=O) groups is 2. The number of carbonyl (C=O) groups excluding carboxylic acids is 2. The molecular formula is C17H22FNO4. The average Bonchev–Trinajstić information content (AvgIpc) is 3.06. The molecule has 1 fully saturated rings. The van der Waals surface area contributed by atoms with Crippen LogP contribution in [0, 0.1) is 11.7 Å². The first-order chi connectivity index (χ1) is 11.0. The maximum atomic E-state index is 13.9. The van der Waals surface area contributed by atoms with Crippen LogP contribution in [0.4, 0.5) is 4.39 Å². The summed E-state index contributed by atoms with van der Waals surface area (Å²) in [5, 5.41) is 0. The van der Waals surface area contributed by atoms with Gasteiger partial charge in [0.1, 0.15) is 5.82 Å². The maximum Gasteiger partial charge on any atom is 0.310 e. The molecule has 1 heterocycles. The van der Waals surface area contributed by atoms with Crippen LogP contribution >= 0.6 is 0 Å². The number of hydrogen-bond donors (Lipinski definition) is 0. The molecule has 1 amide bonds. The third kappa shape index (κ3) is 4.51. The number of benzene rings is 1. The van der Waals surface area contributed by atoms with Crippen LogP contribution < -0.4 is 0 Å². The number of nitrogens with zero attached hydrogens (tertiary/aromatic N) is 1. The molecule has 23 heavy (non-hydrogen) atoms. The quantitative estimate of drug-likeness (QED) is 0.754. The molecule has 1 aromatic rings. The standard InChI is InChI=1S/C17H22FNO4/c1-12(17(21)22-2)10-19(11-13-6-5-9-23-13)16(20)14-7-3-4-8-15(14)18/h3-4,7-8,12-13H,5-6,9-11H2,1-2H3. The Morgan fingerprint density at radius 2 is 2.17 bits per heavy atom. The lowest BCUT2D eigenvalue weighted by atomic mass is 10.1. The number of amides is 1. The number of hydrogen-bond acceptors (Lipinski definition) is 4. The second-order valence-corrected chi connectivity index (χ2v) is 5.75. The average molecular weight is 323 g/mol. The molecule has 0 aliphatic carbocycles. The third-order valence-corrected chi connectivity index (χ3v) is 3.94. The Morgan fingerprint density at radius 1 is 1.43 bits per heavy atom. The van der Waals surface area contributed by atoms with E-state index in [0.29, 0.717) is 13.2 Å². The van der Waals surface area contributed by atoms with E-state index in [4.69, 9.17) is 9.47 Å². The van der Waals surface area contributed by atoms with Crippen molar-refractivity contribution in [3.63, 3.8) is 0 Å². The van der Waals surface area contributed by atoms with Gasteiger partial charge in [-0.15, -0.1) is 0 Å². The van der Waals surface area contributed by atoms with Crippen molar-refractivity contribution in [3.8, 4) is 0 Å². The van der Waals surface area contributed by atoms with Crippen LogP contribution in [0.15, 0.2) is 24.3 Å². The Labute approximate surface area is 135 Å². The summed E-state index contributed by atoms with van der Waals surface area (Å²) in [7, 11) is 1.31. The van der Waals surface area contributed by atoms with E-state index in [2.05, 4.69) is 0 Å². The smallest absolute Gasteiger partial charge is 0.310 e. The van der Waals surface area contributed by atoms with Gasteiger partial charge >= 0.3 is 5.97 Å². The predicted molar refractivity (Wildman–Crippen MR) is 82.5 cm³/mol. The number of esters is 1. The molecule has 1 saturated heterocycles. The van der Waals surface area contributed by atoms with Crippen molar-refractivity contribution in [1.29, 1.82) is 0 Å². The molecule has 2 atom stereocenters. The molecule has 1 aromatic carbocycles. The lowest BCUT2D eigenvalue weighted by molar-refractivity contribution is -0.145. The van der Waals surface area contributed by atoms with E-state index in [9.17, 15) is 14.0 Å². The highest BCUT2D eigenvalue weighted by molar-refractivity contribution is 5.94. The number of ether oxygens (including phenoxy) is 2. The Morgan fingerprint density at radius 3 is 2.78 bits per heavy atom. The third-order valence-electron chi connectivity index (χ3n) is 3.94. The second-order valence-electron chi connectivity index (χ2n) is 5.75. The predicted octanol–water partition coefficient (Wildman–Crippen LogP) is 2.26. The highest BCUT2D eigenvalue weighted by Gasteiger charge is 2.28. The fraction of sp³-hybridized carbons (Fsp3) is 0.529. The molecule has 0 saturated carbocycles. The van der Waals surface area contributed by atoms with Gasteiger partial charge in [-0.05, 0) is 25.0 Å². The highest BCUT2D eigenvalue weighted by Crippen LogP contribution is 2.18. The monoisotopic (exact) mass is 323 g/mol. The van der Waals surface area contributed by atoms with Gasteiger partial charge in [0.25, 0.3) is 5.91 Å². The van der Waals surface area contributed by atoms with Crippen molar-refractivity contribution in [3.05, 3.63) is 35.6 Å². The van der Waals surface area contributed by atoms with Gasteiger partial charge in [0.05, 0.1) is 24.7 Å². The van der Waals surface area contributed by atoms with Crippen LogP contribution in [0.5, 0.6) is 0 Å². The van der Waals surface area contributed by atoms with Crippen molar-refractivity contribution in [2.24, 2.45) is 5.92 Å². The van der Waals surface area contributed by atoms with E-state index >= 15 is 0 Å². The summed E-state index contributed by atoms with van der Waals surface area (Å²) in [6.45, 7) is 2.86. The Hall–Kier alpha value is -1.95. The minimum Gasteiger partial charge on any atom is -0.469 e. The second kappa shape index (κ2) is 8.06. The van der Waals surface area contributed by atoms with Crippen LogP contribution in [0.1, 0.15) is 30.1 Å². The molecule has 0 aromatic heterocycles. The van der Waals surface area contributed by atoms with E-state index in [1.54, 1.807) is 13.0 Å². The molecule has 2 unspecified atom stereocenters. The summed E-state index contributed by atoms with van der Waals surface area (Å²) < 4.78 is 24.2. The van der Waals surface area contributed by atoms with Gasteiger partial charge in [-0.1, -0.05) is 19.1 Å². The molecule has 1 aliphatic rings. The molecule has 0 N–H and O–H groups in total. The lowest BCUT2D eigenvalue weighted by Gasteiger charge is -2.27. The van der Waals surface area contributed by atoms with E-state index in [1.165, 1.54) is 30.2 Å². The first-order valence-corrected chi connectivity index (χ1v) is 7.76. The normalized spacial score (nSPS) is 18.5. The Bertz CT molecular complexity index is 557. The minimum atomic E-state index is -0.569. The van der Waals surface area contributed by atoms with Gasteiger partial charge in [-0.3, -0.25) is 9.59 Å². The molecule has 6 heteroatoms. The van der Waals surface area contributed by atoms with Crippen molar-refractivity contribution in [1.82, 2.24) is 4.90 Å². The molecule has 2 rings (SSSR count). The van der Waals surface area contributed by atoms with Gasteiger partial charge in [0.15, 0.2) is 0 Å². The first-order valence-electron chi connectivity index (χ1n) is 7.76. The number of halogens is 1. The summed E-state index contributed by atoms with van der Waals surface area (Å²) >= 11 is 0. The zero-order valence-corrected chi connectivity index (χ0v) is 13.5. The topological polar surface area (TPSA) is 55.8 Å². The van der Waals surface area contributed by atoms with Gasteiger partial charge in [0.2, 0.25) is 0 Å². The summed E-state index contributed by atoms with van der Waals surface area (Å²) in [6, 6.07) is 5.85. The first kappa shape index (κ1) is 17.4. The highest BCUT2D eigenvalue weighted by atomic mass is 19.1. The van der Waals surface area contributed by atoms with Gasteiger partial charge in [-0.25, -0.2) is 4.39 Å². The zero-order valence-electron chi connectivity index (χ0n) is 13.5. The van der Waals surface area contributed by atoms with Crippen molar-refractivity contribution < 1.29 is 23.5 Å². The summed E-state index contributed by atoms with van der Waals surface area (Å²) in [6.07, 6.45) is 1.72. The fourth-order valence-corrected chi connectivity index (χ4v) is 2.69.